The van der Waals surface area contributed by atoms with Gasteiger partial charge < -0.3 is 4.90 Å². The molecule has 1 aliphatic heterocycles. The standard InChI is InChI=1S/C11H23N/c1-9(2)5-6-11-7-10(3)8-12(11)4/h9-11H,5-8H2,1-4H3/t10?,11-/m1/s1. The Bertz CT molecular complexity index is 131. The minimum atomic E-state index is 0.870. The van der Waals surface area contributed by atoms with Gasteiger partial charge in [-0.15, -0.1) is 0 Å². The monoisotopic (exact) mass is 169 g/mol. The second kappa shape index (κ2) is 4.27. The molecule has 1 nitrogen and oxygen atoms in total. The van der Waals surface area contributed by atoms with E-state index < -0.39 is 0 Å². The number of rotatable bonds is 3. The Morgan fingerprint density at radius 2 is 2.08 bits per heavy atom. The van der Waals surface area contributed by atoms with Crippen molar-refractivity contribution in [2.24, 2.45) is 11.8 Å². The van der Waals surface area contributed by atoms with Crippen LogP contribution in [-0.4, -0.2) is 24.5 Å². The highest BCUT2D eigenvalue weighted by atomic mass is 15.1. The van der Waals surface area contributed by atoms with Crippen LogP contribution in [0.4, 0.5) is 0 Å². The molecule has 1 fully saturated rings. The molecule has 1 heterocycles. The minimum Gasteiger partial charge on any atom is -0.303 e. The lowest BCUT2D eigenvalue weighted by molar-refractivity contribution is 0.281. The maximum absolute atomic E-state index is 2.53. The molecule has 0 bridgehead atoms. The SMILES string of the molecule is CC(C)CC[C@@H]1CC(C)CN1C. The second-order valence-corrected chi connectivity index (χ2v) is 4.91. The van der Waals surface area contributed by atoms with Crippen LogP contribution < -0.4 is 0 Å². The van der Waals surface area contributed by atoms with Crippen molar-refractivity contribution < 1.29 is 0 Å². The summed E-state index contributed by atoms with van der Waals surface area (Å²) in [5.41, 5.74) is 0. The molecule has 0 aromatic carbocycles. The van der Waals surface area contributed by atoms with Gasteiger partial charge in [-0.05, 0) is 38.1 Å². The molecule has 1 saturated heterocycles. The quantitative estimate of drug-likeness (QED) is 0.628. The zero-order valence-electron chi connectivity index (χ0n) is 9.01. The molecule has 0 aromatic rings. The first-order chi connectivity index (χ1) is 5.59. The molecule has 1 aliphatic rings. The molecule has 1 rings (SSSR count). The second-order valence-electron chi connectivity index (χ2n) is 4.91. The Morgan fingerprint density at radius 1 is 1.42 bits per heavy atom. The van der Waals surface area contributed by atoms with Crippen LogP contribution in [0.25, 0.3) is 0 Å². The van der Waals surface area contributed by atoms with Crippen LogP contribution in [0, 0.1) is 11.8 Å². The third-order valence-electron chi connectivity index (χ3n) is 2.97. The molecule has 1 unspecified atom stereocenters. The summed E-state index contributed by atoms with van der Waals surface area (Å²) in [5.74, 6) is 1.79. The summed E-state index contributed by atoms with van der Waals surface area (Å²) in [5, 5.41) is 0. The fraction of sp³-hybridized carbons (Fsp3) is 1.00. The van der Waals surface area contributed by atoms with E-state index in [-0.39, 0.29) is 0 Å². The highest BCUT2D eigenvalue weighted by Crippen LogP contribution is 2.25. The van der Waals surface area contributed by atoms with E-state index in [1.807, 2.05) is 0 Å². The zero-order valence-corrected chi connectivity index (χ0v) is 9.01. The zero-order chi connectivity index (χ0) is 9.14. The first kappa shape index (κ1) is 10.0. The van der Waals surface area contributed by atoms with Crippen molar-refractivity contribution >= 4 is 0 Å². The third-order valence-corrected chi connectivity index (χ3v) is 2.97. The molecule has 0 aromatic heterocycles. The lowest BCUT2D eigenvalue weighted by Gasteiger charge is -2.19. The molecule has 0 radical (unpaired) electrons. The van der Waals surface area contributed by atoms with Crippen molar-refractivity contribution in [3.8, 4) is 0 Å². The molecule has 12 heavy (non-hydrogen) atoms. The number of likely N-dealkylation sites (tertiary alicyclic amines) is 1. The molecule has 0 aliphatic carbocycles. The summed E-state index contributed by atoms with van der Waals surface area (Å²) in [4.78, 5) is 2.53. The number of hydrogen-bond donors (Lipinski definition) is 0. The Kier molecular flexibility index (Phi) is 3.57. The Balaban J connectivity index is 2.23. The van der Waals surface area contributed by atoms with Gasteiger partial charge in [0.15, 0.2) is 0 Å². The molecule has 0 amide bonds. The van der Waals surface area contributed by atoms with E-state index in [9.17, 15) is 0 Å². The van der Waals surface area contributed by atoms with Gasteiger partial charge in [0.05, 0.1) is 0 Å². The molecule has 0 N–H and O–H groups in total. The van der Waals surface area contributed by atoms with E-state index in [1.54, 1.807) is 0 Å². The first-order valence-corrected chi connectivity index (χ1v) is 5.29. The number of hydrogen-bond acceptors (Lipinski definition) is 1. The van der Waals surface area contributed by atoms with Gasteiger partial charge in [0, 0.05) is 12.6 Å². The lowest BCUT2D eigenvalue weighted by Crippen LogP contribution is -2.25. The fourth-order valence-electron chi connectivity index (χ4n) is 2.22. The van der Waals surface area contributed by atoms with Crippen molar-refractivity contribution in [1.29, 1.82) is 0 Å². The Hall–Kier alpha value is -0.0400. The van der Waals surface area contributed by atoms with Crippen molar-refractivity contribution in [3.63, 3.8) is 0 Å². The Labute approximate surface area is 77.1 Å². The average molecular weight is 169 g/mol. The molecular formula is C11H23N. The van der Waals surface area contributed by atoms with Crippen LogP contribution in [0.15, 0.2) is 0 Å². The van der Waals surface area contributed by atoms with Gasteiger partial charge in [-0.3, -0.25) is 0 Å². The summed E-state index contributed by atoms with van der Waals surface area (Å²) in [7, 11) is 2.27. The maximum atomic E-state index is 2.53. The lowest BCUT2D eigenvalue weighted by atomic mass is 9.99. The fourth-order valence-corrected chi connectivity index (χ4v) is 2.22. The minimum absolute atomic E-state index is 0.870. The summed E-state index contributed by atoms with van der Waals surface area (Å²) in [6.45, 7) is 8.31. The first-order valence-electron chi connectivity index (χ1n) is 5.29. The highest BCUT2D eigenvalue weighted by Gasteiger charge is 2.25. The van der Waals surface area contributed by atoms with Crippen molar-refractivity contribution in [3.05, 3.63) is 0 Å². The van der Waals surface area contributed by atoms with Gasteiger partial charge in [-0.1, -0.05) is 20.8 Å². The van der Waals surface area contributed by atoms with E-state index in [4.69, 9.17) is 0 Å². The van der Waals surface area contributed by atoms with Gasteiger partial charge >= 0.3 is 0 Å². The van der Waals surface area contributed by atoms with Crippen LogP contribution >= 0.6 is 0 Å². The summed E-state index contributed by atoms with van der Waals surface area (Å²) in [6, 6.07) is 0.877. The van der Waals surface area contributed by atoms with Gasteiger partial charge in [-0.25, -0.2) is 0 Å². The largest absolute Gasteiger partial charge is 0.303 e. The van der Waals surface area contributed by atoms with Crippen LogP contribution in [-0.2, 0) is 0 Å². The van der Waals surface area contributed by atoms with Gasteiger partial charge in [0.25, 0.3) is 0 Å². The molecule has 2 atom stereocenters. The smallest absolute Gasteiger partial charge is 0.00954 e. The van der Waals surface area contributed by atoms with E-state index in [0.717, 1.165) is 17.9 Å². The van der Waals surface area contributed by atoms with Crippen molar-refractivity contribution in [1.82, 2.24) is 4.90 Å². The van der Waals surface area contributed by atoms with Gasteiger partial charge in [-0.2, -0.15) is 0 Å². The van der Waals surface area contributed by atoms with Crippen molar-refractivity contribution in [2.45, 2.75) is 46.1 Å². The van der Waals surface area contributed by atoms with Gasteiger partial charge in [0.2, 0.25) is 0 Å². The third kappa shape index (κ3) is 2.78. The molecule has 72 valence electrons. The van der Waals surface area contributed by atoms with Crippen LogP contribution in [0.1, 0.15) is 40.0 Å². The van der Waals surface area contributed by atoms with E-state index in [1.165, 1.54) is 25.8 Å². The normalized spacial score (nSPS) is 31.8. The summed E-state index contributed by atoms with van der Waals surface area (Å²) >= 11 is 0. The molecule has 1 heteroatoms. The topological polar surface area (TPSA) is 3.24 Å². The van der Waals surface area contributed by atoms with Crippen LogP contribution in [0.2, 0.25) is 0 Å². The van der Waals surface area contributed by atoms with Crippen molar-refractivity contribution in [2.75, 3.05) is 13.6 Å². The predicted molar refractivity (Wildman–Crippen MR) is 54.3 cm³/mol. The molecular weight excluding hydrogens is 146 g/mol. The van der Waals surface area contributed by atoms with E-state index in [2.05, 4.69) is 32.7 Å². The summed E-state index contributed by atoms with van der Waals surface area (Å²) in [6.07, 6.45) is 4.21. The average Bonchev–Trinajstić information content (AvgIpc) is 2.26. The molecule has 0 spiro atoms. The predicted octanol–water partition coefficient (Wildman–Crippen LogP) is 2.76. The Morgan fingerprint density at radius 3 is 2.50 bits per heavy atom. The van der Waals surface area contributed by atoms with Crippen LogP contribution in [0.3, 0.4) is 0 Å². The molecule has 0 saturated carbocycles. The van der Waals surface area contributed by atoms with Crippen LogP contribution in [0.5, 0.6) is 0 Å². The summed E-state index contributed by atoms with van der Waals surface area (Å²) < 4.78 is 0. The van der Waals surface area contributed by atoms with E-state index in [0.29, 0.717) is 0 Å². The van der Waals surface area contributed by atoms with E-state index >= 15 is 0 Å². The maximum Gasteiger partial charge on any atom is 0.00954 e. The highest BCUT2D eigenvalue weighted by molar-refractivity contribution is 4.80. The van der Waals surface area contributed by atoms with Gasteiger partial charge in [0.1, 0.15) is 0 Å². The number of nitrogens with zero attached hydrogens (tertiary/aromatic N) is 1.